The van der Waals surface area contributed by atoms with E-state index >= 15 is 0 Å². The molecule has 202 valence electrons. The van der Waals surface area contributed by atoms with Crippen LogP contribution in [0.15, 0.2) is 66.7 Å². The van der Waals surface area contributed by atoms with Crippen molar-refractivity contribution in [1.82, 2.24) is 5.32 Å². The monoisotopic (exact) mass is 533 g/mol. The van der Waals surface area contributed by atoms with E-state index in [1.165, 1.54) is 32.4 Å². The van der Waals surface area contributed by atoms with Crippen LogP contribution in [0.3, 0.4) is 0 Å². The number of carbonyl (C=O) groups is 1. The summed E-state index contributed by atoms with van der Waals surface area (Å²) in [5, 5.41) is 4.67. The third-order valence-corrected chi connectivity index (χ3v) is 7.28. The fourth-order valence-electron chi connectivity index (χ4n) is 5.17. The third kappa shape index (κ3) is 5.78. The van der Waals surface area contributed by atoms with E-state index in [1.807, 2.05) is 0 Å². The minimum atomic E-state index is -1.34. The molecule has 4 aromatic carbocycles. The molecule has 0 radical (unpaired) electrons. The summed E-state index contributed by atoms with van der Waals surface area (Å²) in [4.78, 5) is 13.9. The van der Waals surface area contributed by atoms with Gasteiger partial charge < -0.3 is 14.8 Å². The molecule has 0 saturated carbocycles. The van der Waals surface area contributed by atoms with Crippen molar-refractivity contribution in [2.24, 2.45) is 0 Å². The molecule has 1 aliphatic rings. The molecule has 0 aliphatic carbocycles. The van der Waals surface area contributed by atoms with Gasteiger partial charge >= 0.3 is 0 Å². The number of hydrogen-bond donors (Lipinski definition) is 1. The smallest absolute Gasteiger partial charge is 0.194 e. The van der Waals surface area contributed by atoms with Gasteiger partial charge in [-0.2, -0.15) is 0 Å². The van der Waals surface area contributed by atoms with Gasteiger partial charge in [-0.15, -0.1) is 0 Å². The Bertz CT molecular complexity index is 1480. The van der Waals surface area contributed by atoms with Crippen LogP contribution in [0, 0.1) is 17.5 Å². The second-order valence-electron chi connectivity index (χ2n) is 9.78. The van der Waals surface area contributed by atoms with Crippen LogP contribution in [0.5, 0.6) is 11.5 Å². The van der Waals surface area contributed by atoms with Gasteiger partial charge in [0.05, 0.1) is 19.3 Å². The van der Waals surface area contributed by atoms with E-state index in [0.29, 0.717) is 40.5 Å². The summed E-state index contributed by atoms with van der Waals surface area (Å²) in [7, 11) is 1.52. The normalized spacial score (nSPS) is 15.6. The Labute approximate surface area is 225 Å². The largest absolute Gasteiger partial charge is 0.497 e. The number of halogens is 3. The Kier molecular flexibility index (Phi) is 8.17. The van der Waals surface area contributed by atoms with Crippen LogP contribution < -0.4 is 14.8 Å². The first-order valence-electron chi connectivity index (χ1n) is 13.2. The van der Waals surface area contributed by atoms with Gasteiger partial charge in [0, 0.05) is 17.2 Å². The highest BCUT2D eigenvalue weighted by Gasteiger charge is 2.24. The van der Waals surface area contributed by atoms with Crippen molar-refractivity contribution in [3.8, 4) is 22.6 Å². The maximum Gasteiger partial charge on any atom is 0.194 e. The third-order valence-electron chi connectivity index (χ3n) is 7.28. The van der Waals surface area contributed by atoms with Gasteiger partial charge in [0.25, 0.3) is 0 Å². The molecular formula is C32H30F3NO3. The van der Waals surface area contributed by atoms with Crippen LogP contribution in [0.4, 0.5) is 13.2 Å². The molecule has 1 heterocycles. The van der Waals surface area contributed by atoms with Crippen molar-refractivity contribution < 1.29 is 27.4 Å². The predicted octanol–water partition coefficient (Wildman–Crippen LogP) is 7.46. The Morgan fingerprint density at radius 3 is 2.46 bits per heavy atom. The van der Waals surface area contributed by atoms with E-state index in [9.17, 15) is 18.0 Å². The highest BCUT2D eigenvalue weighted by molar-refractivity contribution is 6.20. The number of benzene rings is 4. The van der Waals surface area contributed by atoms with Crippen LogP contribution in [-0.2, 0) is 0 Å². The number of carbonyl (C=O) groups excluding carboxylic acids is 1. The van der Waals surface area contributed by atoms with Crippen molar-refractivity contribution in [3.05, 3.63) is 95.3 Å². The Morgan fingerprint density at radius 2 is 1.67 bits per heavy atom. The van der Waals surface area contributed by atoms with Crippen LogP contribution >= 0.6 is 0 Å². The number of rotatable bonds is 8. The number of fused-ring (bicyclic) bond motifs is 1. The van der Waals surface area contributed by atoms with Crippen LogP contribution in [0.1, 0.15) is 48.0 Å². The number of hydrogen-bond acceptors (Lipinski definition) is 4. The molecule has 4 aromatic rings. The van der Waals surface area contributed by atoms with Gasteiger partial charge in [-0.3, -0.25) is 4.79 Å². The van der Waals surface area contributed by atoms with Crippen molar-refractivity contribution >= 4 is 16.6 Å². The average Bonchev–Trinajstić information content (AvgIpc) is 3.23. The molecule has 1 fully saturated rings. The van der Waals surface area contributed by atoms with Crippen molar-refractivity contribution in [3.63, 3.8) is 0 Å². The molecule has 1 saturated heterocycles. The molecule has 0 aromatic heterocycles. The van der Waals surface area contributed by atoms with E-state index in [2.05, 4.69) is 5.32 Å². The number of methoxy groups -OCH3 is 1. The molecule has 4 nitrogen and oxygen atoms in total. The second-order valence-corrected chi connectivity index (χ2v) is 9.78. The van der Waals surface area contributed by atoms with Crippen LogP contribution in [0.2, 0.25) is 0 Å². The predicted molar refractivity (Wildman–Crippen MR) is 146 cm³/mol. The molecule has 7 heteroatoms. The molecule has 1 N–H and O–H groups in total. The van der Waals surface area contributed by atoms with Crippen LogP contribution in [-0.4, -0.2) is 32.1 Å². The van der Waals surface area contributed by atoms with Crippen LogP contribution in [0.25, 0.3) is 21.9 Å². The van der Waals surface area contributed by atoms with Crippen molar-refractivity contribution in [2.45, 2.75) is 38.1 Å². The first-order valence-corrected chi connectivity index (χ1v) is 13.2. The lowest BCUT2D eigenvalue weighted by Gasteiger charge is -2.16. The Balaban J connectivity index is 1.46. The average molecular weight is 534 g/mol. The maximum atomic E-state index is 14.9. The highest BCUT2D eigenvalue weighted by atomic mass is 19.2. The van der Waals surface area contributed by atoms with Gasteiger partial charge in [-0.1, -0.05) is 25.0 Å². The summed E-state index contributed by atoms with van der Waals surface area (Å²) < 4.78 is 55.1. The summed E-state index contributed by atoms with van der Waals surface area (Å²) in [6, 6.07) is 16.9. The molecule has 0 amide bonds. The van der Waals surface area contributed by atoms with E-state index in [1.54, 1.807) is 48.5 Å². The summed E-state index contributed by atoms with van der Waals surface area (Å²) >= 11 is 0. The van der Waals surface area contributed by atoms with E-state index in [-0.39, 0.29) is 11.1 Å². The van der Waals surface area contributed by atoms with E-state index < -0.39 is 28.8 Å². The molecule has 0 spiro atoms. The van der Waals surface area contributed by atoms with E-state index in [0.717, 1.165) is 31.5 Å². The molecule has 39 heavy (non-hydrogen) atoms. The van der Waals surface area contributed by atoms with Gasteiger partial charge in [0.15, 0.2) is 17.4 Å². The minimum absolute atomic E-state index is 0.0246. The Morgan fingerprint density at radius 1 is 0.897 bits per heavy atom. The SMILES string of the molecule is COc1ccc2c(C(=O)c3ccc(OCCC4CCCCCN4)cc3)c(-c3c(F)ccc(F)c3F)ccc2c1. The fraction of sp³-hybridized carbons (Fsp3) is 0.281. The lowest BCUT2D eigenvalue weighted by Crippen LogP contribution is -2.29. The summed E-state index contributed by atoms with van der Waals surface area (Å²) in [6.45, 7) is 1.59. The summed E-state index contributed by atoms with van der Waals surface area (Å²) in [5.41, 5.74) is -0.215. The molecule has 1 unspecified atom stereocenters. The topological polar surface area (TPSA) is 47.6 Å². The van der Waals surface area contributed by atoms with E-state index in [4.69, 9.17) is 9.47 Å². The van der Waals surface area contributed by atoms with Gasteiger partial charge in [-0.25, -0.2) is 13.2 Å². The fourth-order valence-corrected chi connectivity index (χ4v) is 5.17. The summed E-state index contributed by atoms with van der Waals surface area (Å²) in [5.74, 6) is -2.74. The quantitative estimate of drug-likeness (QED) is 0.189. The van der Waals surface area contributed by atoms with Crippen molar-refractivity contribution in [1.29, 1.82) is 0 Å². The minimum Gasteiger partial charge on any atom is -0.497 e. The Hall–Kier alpha value is -3.84. The molecule has 5 rings (SSSR count). The number of ether oxygens (including phenoxy) is 2. The van der Waals surface area contributed by atoms with Gasteiger partial charge in [0.2, 0.25) is 0 Å². The van der Waals surface area contributed by atoms with Gasteiger partial charge in [-0.05, 0) is 96.7 Å². The summed E-state index contributed by atoms with van der Waals surface area (Å²) in [6.07, 6.45) is 5.72. The maximum absolute atomic E-state index is 14.9. The lowest BCUT2D eigenvalue weighted by atomic mass is 9.88. The first-order chi connectivity index (χ1) is 19.0. The highest BCUT2D eigenvalue weighted by Crippen LogP contribution is 2.37. The molecule has 1 aliphatic heterocycles. The van der Waals surface area contributed by atoms with Crippen molar-refractivity contribution in [2.75, 3.05) is 20.3 Å². The first kappa shape index (κ1) is 26.8. The van der Waals surface area contributed by atoms with Gasteiger partial charge in [0.1, 0.15) is 17.3 Å². The lowest BCUT2D eigenvalue weighted by molar-refractivity contribution is 0.104. The number of ketones is 1. The second kappa shape index (κ2) is 11.9. The zero-order chi connectivity index (χ0) is 27.4. The molecule has 1 atom stereocenters. The zero-order valence-electron chi connectivity index (χ0n) is 21.7. The zero-order valence-corrected chi connectivity index (χ0v) is 21.7. The molecular weight excluding hydrogens is 503 g/mol. The number of nitrogens with one attached hydrogen (secondary N) is 1. The molecule has 0 bridgehead atoms. The standard InChI is InChI=1S/C32H30F3NO3/c1-38-24-11-13-25-21(19-24)8-12-26(30-27(33)14-15-28(34)31(30)35)29(25)32(37)20-6-9-23(10-7-20)39-18-16-22-5-3-2-4-17-36-22/h6-15,19,22,36H,2-5,16-18H2,1H3.